The van der Waals surface area contributed by atoms with Gasteiger partial charge in [0, 0.05) is 17.8 Å². The maximum Gasteiger partial charge on any atom is 0.223 e. The van der Waals surface area contributed by atoms with Crippen LogP contribution in [0.15, 0.2) is 35.7 Å². The molecule has 1 fully saturated rings. The number of carbonyl (C=O) groups is 1. The van der Waals surface area contributed by atoms with Gasteiger partial charge in [-0.05, 0) is 48.3 Å². The van der Waals surface area contributed by atoms with E-state index in [4.69, 9.17) is 0 Å². The van der Waals surface area contributed by atoms with Crippen molar-refractivity contribution >= 4 is 17.2 Å². The average Bonchev–Trinajstić information content (AvgIpc) is 3.31. The fraction of sp³-hybridized carbons (Fsp3) is 0.500. The van der Waals surface area contributed by atoms with E-state index in [2.05, 4.69) is 47.5 Å². The normalized spacial score (nSPS) is 20.7. The molecule has 25 heavy (non-hydrogen) atoms. The molecule has 1 unspecified atom stereocenters. The number of benzene rings is 1. The molecule has 1 aliphatic heterocycles. The Balaban J connectivity index is 1.56. The first-order valence-electron chi connectivity index (χ1n) is 9.64. The Morgan fingerprint density at radius 1 is 1.16 bits per heavy atom. The Morgan fingerprint density at radius 3 is 2.68 bits per heavy atom. The largest absolute Gasteiger partial charge is 0.331 e. The molecule has 1 aliphatic carbocycles. The number of hydrogen-bond acceptors (Lipinski definition) is 2. The summed E-state index contributed by atoms with van der Waals surface area (Å²) >= 11 is 1.84. The molecule has 4 rings (SSSR count). The zero-order chi connectivity index (χ0) is 17.2. The molecule has 1 aromatic heterocycles. The van der Waals surface area contributed by atoms with Gasteiger partial charge in [-0.1, -0.05) is 55.5 Å². The number of nitrogens with zero attached hydrogens (tertiary/aromatic N) is 1. The highest BCUT2D eigenvalue weighted by Gasteiger charge is 2.32. The van der Waals surface area contributed by atoms with Crippen LogP contribution >= 0.6 is 11.3 Å². The van der Waals surface area contributed by atoms with Crippen molar-refractivity contribution < 1.29 is 4.79 Å². The lowest BCUT2D eigenvalue weighted by Gasteiger charge is -2.36. The van der Waals surface area contributed by atoms with Crippen LogP contribution < -0.4 is 0 Å². The number of rotatable bonds is 4. The maximum atomic E-state index is 13.1. The molecule has 2 nitrogen and oxygen atoms in total. The van der Waals surface area contributed by atoms with Crippen LogP contribution in [0.1, 0.15) is 66.1 Å². The standard InChI is InChI=1S/C22H27NOS/c1-16-6-9-18(10-7-16)22-19-13-15-25-20(19)12-14-23(22)21(24)11-8-17-4-2-3-5-17/h6-7,9-10,13,15,17,22H,2-5,8,11-12,14H2,1H3. The second-order valence-corrected chi connectivity index (χ2v) is 8.64. The lowest BCUT2D eigenvalue weighted by molar-refractivity contribution is -0.133. The number of thiophene rings is 1. The Morgan fingerprint density at radius 2 is 1.92 bits per heavy atom. The van der Waals surface area contributed by atoms with Gasteiger partial charge < -0.3 is 4.90 Å². The van der Waals surface area contributed by atoms with Gasteiger partial charge in [0.2, 0.25) is 5.91 Å². The van der Waals surface area contributed by atoms with Gasteiger partial charge in [-0.3, -0.25) is 4.79 Å². The molecule has 0 saturated heterocycles. The molecule has 132 valence electrons. The van der Waals surface area contributed by atoms with Crippen LogP contribution in [-0.2, 0) is 11.2 Å². The van der Waals surface area contributed by atoms with Crippen LogP contribution in [-0.4, -0.2) is 17.4 Å². The zero-order valence-corrected chi connectivity index (χ0v) is 15.9. The number of fused-ring (bicyclic) bond motifs is 1. The van der Waals surface area contributed by atoms with Crippen LogP contribution in [0.3, 0.4) is 0 Å². The first kappa shape index (κ1) is 16.8. The first-order valence-corrected chi connectivity index (χ1v) is 10.5. The highest BCUT2D eigenvalue weighted by molar-refractivity contribution is 7.10. The van der Waals surface area contributed by atoms with Gasteiger partial charge in [0.25, 0.3) is 0 Å². The van der Waals surface area contributed by atoms with Crippen LogP contribution in [0.25, 0.3) is 0 Å². The van der Waals surface area contributed by atoms with Gasteiger partial charge in [-0.15, -0.1) is 11.3 Å². The average molecular weight is 354 g/mol. The molecule has 1 atom stereocenters. The van der Waals surface area contributed by atoms with Crippen molar-refractivity contribution in [1.82, 2.24) is 4.90 Å². The Hall–Kier alpha value is -1.61. The van der Waals surface area contributed by atoms with Gasteiger partial charge in [-0.25, -0.2) is 0 Å². The quantitative estimate of drug-likeness (QED) is 0.710. The van der Waals surface area contributed by atoms with E-state index < -0.39 is 0 Å². The summed E-state index contributed by atoms with van der Waals surface area (Å²) in [5.74, 6) is 1.12. The fourth-order valence-corrected chi connectivity index (χ4v) is 5.37. The van der Waals surface area contributed by atoms with E-state index in [0.29, 0.717) is 12.3 Å². The van der Waals surface area contributed by atoms with Crippen LogP contribution in [0.4, 0.5) is 0 Å². The molecule has 1 aromatic carbocycles. The summed E-state index contributed by atoms with van der Waals surface area (Å²) in [4.78, 5) is 16.7. The predicted molar refractivity (Wildman–Crippen MR) is 104 cm³/mol. The zero-order valence-electron chi connectivity index (χ0n) is 15.0. The van der Waals surface area contributed by atoms with Crippen LogP contribution in [0, 0.1) is 12.8 Å². The van der Waals surface area contributed by atoms with E-state index in [1.807, 2.05) is 11.3 Å². The summed E-state index contributed by atoms with van der Waals surface area (Å²) in [6, 6.07) is 11.1. The number of hydrogen-bond donors (Lipinski definition) is 0. The van der Waals surface area contributed by atoms with Crippen molar-refractivity contribution in [3.63, 3.8) is 0 Å². The summed E-state index contributed by atoms with van der Waals surface area (Å²) in [7, 11) is 0. The maximum absolute atomic E-state index is 13.1. The molecule has 0 N–H and O–H groups in total. The minimum atomic E-state index is 0.103. The van der Waals surface area contributed by atoms with E-state index in [9.17, 15) is 4.79 Å². The van der Waals surface area contributed by atoms with Crippen molar-refractivity contribution in [2.24, 2.45) is 5.92 Å². The second kappa shape index (κ2) is 7.33. The van der Waals surface area contributed by atoms with Crippen molar-refractivity contribution in [2.45, 2.75) is 57.9 Å². The minimum Gasteiger partial charge on any atom is -0.331 e. The third-order valence-corrected chi connectivity index (χ3v) is 6.92. The highest BCUT2D eigenvalue weighted by Crippen LogP contribution is 2.38. The third kappa shape index (κ3) is 3.52. The van der Waals surface area contributed by atoms with Crippen LogP contribution in [0.5, 0.6) is 0 Å². The Labute approximate surface area is 154 Å². The van der Waals surface area contributed by atoms with Crippen molar-refractivity contribution in [3.05, 3.63) is 57.3 Å². The SMILES string of the molecule is Cc1ccc(C2c3ccsc3CCN2C(=O)CCC2CCCC2)cc1. The summed E-state index contributed by atoms with van der Waals surface area (Å²) in [5.41, 5.74) is 3.86. The molecule has 0 bridgehead atoms. The number of amides is 1. The topological polar surface area (TPSA) is 20.3 Å². The predicted octanol–water partition coefficient (Wildman–Crippen LogP) is 5.50. The monoisotopic (exact) mass is 353 g/mol. The second-order valence-electron chi connectivity index (χ2n) is 7.64. The van der Waals surface area contributed by atoms with Gasteiger partial charge >= 0.3 is 0 Å². The summed E-state index contributed by atoms with van der Waals surface area (Å²) in [5, 5.41) is 2.18. The molecule has 0 spiro atoms. The Kier molecular flexibility index (Phi) is 4.93. The van der Waals surface area contributed by atoms with E-state index in [0.717, 1.165) is 25.3 Å². The van der Waals surface area contributed by atoms with Gasteiger partial charge in [-0.2, -0.15) is 0 Å². The van der Waals surface area contributed by atoms with Gasteiger partial charge in [0.05, 0.1) is 6.04 Å². The van der Waals surface area contributed by atoms with E-state index in [1.165, 1.54) is 47.3 Å². The van der Waals surface area contributed by atoms with E-state index >= 15 is 0 Å². The molecule has 3 heteroatoms. The summed E-state index contributed by atoms with van der Waals surface area (Å²) in [6.45, 7) is 2.97. The molecule has 2 aliphatic rings. The number of carbonyl (C=O) groups excluding carboxylic acids is 1. The molecule has 1 saturated carbocycles. The molecule has 0 radical (unpaired) electrons. The van der Waals surface area contributed by atoms with E-state index in [1.54, 1.807) is 0 Å². The van der Waals surface area contributed by atoms with Crippen molar-refractivity contribution in [3.8, 4) is 0 Å². The first-order chi connectivity index (χ1) is 12.2. The highest BCUT2D eigenvalue weighted by atomic mass is 32.1. The minimum absolute atomic E-state index is 0.103. The smallest absolute Gasteiger partial charge is 0.223 e. The summed E-state index contributed by atoms with van der Waals surface area (Å²) in [6.07, 6.45) is 8.15. The third-order valence-electron chi connectivity index (χ3n) is 5.92. The van der Waals surface area contributed by atoms with Crippen molar-refractivity contribution in [2.75, 3.05) is 6.54 Å². The van der Waals surface area contributed by atoms with Crippen LogP contribution in [0.2, 0.25) is 0 Å². The molecular formula is C22H27NOS. The van der Waals surface area contributed by atoms with Crippen molar-refractivity contribution in [1.29, 1.82) is 0 Å². The molecule has 2 aromatic rings. The summed E-state index contributed by atoms with van der Waals surface area (Å²) < 4.78 is 0. The van der Waals surface area contributed by atoms with E-state index in [-0.39, 0.29) is 6.04 Å². The molecule has 2 heterocycles. The fourth-order valence-electron chi connectivity index (χ4n) is 4.46. The lowest BCUT2D eigenvalue weighted by Crippen LogP contribution is -2.40. The number of aryl methyl sites for hydroxylation is 1. The molecular weight excluding hydrogens is 326 g/mol. The Bertz CT molecular complexity index is 727. The lowest BCUT2D eigenvalue weighted by atomic mass is 9.92. The van der Waals surface area contributed by atoms with Gasteiger partial charge in [0.1, 0.15) is 0 Å². The van der Waals surface area contributed by atoms with Gasteiger partial charge in [0.15, 0.2) is 0 Å². The molecule has 1 amide bonds.